The Bertz CT molecular complexity index is 924. The first kappa shape index (κ1) is 16.5. The number of nitrogens with zero attached hydrogens (tertiary/aromatic N) is 1. The van der Waals surface area contributed by atoms with Crippen molar-refractivity contribution in [2.45, 2.75) is 20.3 Å². The molecule has 0 spiro atoms. The monoisotopic (exact) mass is 357 g/mol. The van der Waals surface area contributed by atoms with Crippen LogP contribution in [-0.4, -0.2) is 21.8 Å². The van der Waals surface area contributed by atoms with Gasteiger partial charge in [0.05, 0.1) is 5.56 Å². The predicted octanol–water partition coefficient (Wildman–Crippen LogP) is 4.61. The fourth-order valence-electron chi connectivity index (χ4n) is 2.46. The molecule has 0 bridgehead atoms. The van der Waals surface area contributed by atoms with E-state index in [4.69, 9.17) is 0 Å². The van der Waals surface area contributed by atoms with Gasteiger partial charge in [0.1, 0.15) is 5.01 Å². The van der Waals surface area contributed by atoms with Gasteiger partial charge in [0.2, 0.25) is 0 Å². The Labute approximate surface area is 147 Å². The molecule has 2 aromatic heterocycles. The summed E-state index contributed by atoms with van der Waals surface area (Å²) in [6.45, 7) is 3.79. The lowest BCUT2D eigenvalue weighted by atomic mass is 10.0. The third-order valence-electron chi connectivity index (χ3n) is 3.59. The molecule has 3 aromatic rings. The molecular weight excluding hydrogens is 342 g/mol. The van der Waals surface area contributed by atoms with Crippen LogP contribution in [0, 0.1) is 13.8 Å². The smallest absolute Gasteiger partial charge is 0.337 e. The number of hydrogen-bond donors (Lipinski definition) is 1. The van der Waals surface area contributed by atoms with E-state index in [1.165, 1.54) is 22.7 Å². The first-order valence-electron chi connectivity index (χ1n) is 7.31. The number of Topliss-reactive ketones (excluding diaryl/α,β-unsaturated/α-hetero) is 1. The molecule has 0 fully saturated rings. The van der Waals surface area contributed by atoms with Crippen molar-refractivity contribution in [2.24, 2.45) is 0 Å². The molecule has 24 heavy (non-hydrogen) atoms. The molecule has 0 aliphatic heterocycles. The molecule has 1 aromatic carbocycles. The van der Waals surface area contributed by atoms with Crippen molar-refractivity contribution in [3.8, 4) is 10.6 Å². The molecule has 6 heteroatoms. The number of thiazole rings is 1. The maximum Gasteiger partial charge on any atom is 0.337 e. The number of rotatable bonds is 5. The van der Waals surface area contributed by atoms with Crippen molar-refractivity contribution in [1.82, 2.24) is 4.98 Å². The number of aromatic nitrogens is 1. The van der Waals surface area contributed by atoms with Crippen molar-refractivity contribution in [3.05, 3.63) is 62.3 Å². The first-order chi connectivity index (χ1) is 11.5. The van der Waals surface area contributed by atoms with Crippen molar-refractivity contribution < 1.29 is 14.7 Å². The molecule has 2 heterocycles. The highest BCUT2D eigenvalue weighted by Gasteiger charge is 2.23. The number of carbonyl (C=O) groups excluding carboxylic acids is 1. The Morgan fingerprint density at radius 2 is 1.96 bits per heavy atom. The summed E-state index contributed by atoms with van der Waals surface area (Å²) in [5, 5.41) is 13.9. The summed E-state index contributed by atoms with van der Waals surface area (Å²) in [7, 11) is 0. The van der Waals surface area contributed by atoms with Crippen LogP contribution in [0.5, 0.6) is 0 Å². The van der Waals surface area contributed by atoms with Crippen LogP contribution in [0.3, 0.4) is 0 Å². The van der Waals surface area contributed by atoms with Gasteiger partial charge in [-0.3, -0.25) is 4.79 Å². The van der Waals surface area contributed by atoms with E-state index in [0.717, 1.165) is 11.3 Å². The van der Waals surface area contributed by atoms with Gasteiger partial charge < -0.3 is 5.11 Å². The van der Waals surface area contributed by atoms with Crippen molar-refractivity contribution >= 4 is 34.4 Å². The van der Waals surface area contributed by atoms with E-state index in [0.29, 0.717) is 21.0 Å². The van der Waals surface area contributed by atoms with E-state index < -0.39 is 5.97 Å². The average Bonchev–Trinajstić information content (AvgIpc) is 3.13. The summed E-state index contributed by atoms with van der Waals surface area (Å²) in [4.78, 5) is 29.1. The zero-order chi connectivity index (χ0) is 17.3. The highest BCUT2D eigenvalue weighted by molar-refractivity contribution is 7.14. The maximum absolute atomic E-state index is 12.5. The first-order valence-corrected chi connectivity index (χ1v) is 9.07. The largest absolute Gasteiger partial charge is 0.478 e. The molecule has 0 unspecified atom stereocenters. The lowest BCUT2D eigenvalue weighted by molar-refractivity contribution is 0.0697. The van der Waals surface area contributed by atoms with E-state index in [2.05, 4.69) is 4.98 Å². The summed E-state index contributed by atoms with van der Waals surface area (Å²) in [6.07, 6.45) is 0.0834. The molecule has 122 valence electrons. The number of carboxylic acids is 1. The normalized spacial score (nSPS) is 10.8. The van der Waals surface area contributed by atoms with Gasteiger partial charge in [-0.05, 0) is 19.9 Å². The van der Waals surface area contributed by atoms with Gasteiger partial charge in [-0.15, -0.1) is 22.7 Å². The standard InChI is InChI=1S/C18H15NO3S2/c1-10-4-3-5-12(6-10)14(20)7-15-16(18(21)22)13(9-23-15)17-19-11(2)8-24-17/h3-6,8-9H,7H2,1-2H3,(H,21,22). The number of thiophene rings is 1. The Balaban J connectivity index is 1.95. The molecule has 3 rings (SSSR count). The second-order valence-electron chi connectivity index (χ2n) is 5.52. The van der Waals surface area contributed by atoms with E-state index in [9.17, 15) is 14.7 Å². The third kappa shape index (κ3) is 3.29. The number of hydrogen-bond acceptors (Lipinski definition) is 5. The molecule has 1 N–H and O–H groups in total. The van der Waals surface area contributed by atoms with Gasteiger partial charge in [-0.2, -0.15) is 0 Å². The van der Waals surface area contributed by atoms with E-state index in [1.807, 2.05) is 37.4 Å². The van der Waals surface area contributed by atoms with E-state index >= 15 is 0 Å². The molecule has 0 saturated heterocycles. The average molecular weight is 357 g/mol. The highest BCUT2D eigenvalue weighted by atomic mass is 32.1. The van der Waals surface area contributed by atoms with Crippen LogP contribution in [-0.2, 0) is 6.42 Å². The van der Waals surface area contributed by atoms with Crippen LogP contribution in [0.1, 0.15) is 36.9 Å². The van der Waals surface area contributed by atoms with Crippen LogP contribution < -0.4 is 0 Å². The third-order valence-corrected chi connectivity index (χ3v) is 5.57. The zero-order valence-electron chi connectivity index (χ0n) is 13.2. The lowest BCUT2D eigenvalue weighted by Crippen LogP contribution is -2.07. The number of benzene rings is 1. The van der Waals surface area contributed by atoms with Crippen LogP contribution >= 0.6 is 22.7 Å². The van der Waals surface area contributed by atoms with Gasteiger partial charge in [-0.25, -0.2) is 9.78 Å². The predicted molar refractivity (Wildman–Crippen MR) is 96.3 cm³/mol. The van der Waals surface area contributed by atoms with Gasteiger partial charge in [-0.1, -0.05) is 23.8 Å². The summed E-state index contributed by atoms with van der Waals surface area (Å²) >= 11 is 2.71. The fraction of sp³-hybridized carbons (Fsp3) is 0.167. The Morgan fingerprint density at radius 3 is 2.58 bits per heavy atom. The van der Waals surface area contributed by atoms with Crippen LogP contribution in [0.2, 0.25) is 0 Å². The molecular formula is C18H15NO3S2. The lowest BCUT2D eigenvalue weighted by Gasteiger charge is -2.03. The van der Waals surface area contributed by atoms with E-state index in [1.54, 1.807) is 11.4 Å². The fourth-order valence-corrected chi connectivity index (χ4v) is 4.38. The summed E-state index contributed by atoms with van der Waals surface area (Å²) in [5.74, 6) is -1.10. The Hall–Kier alpha value is -2.31. The number of aryl methyl sites for hydroxylation is 2. The van der Waals surface area contributed by atoms with Gasteiger partial charge >= 0.3 is 5.97 Å². The Kier molecular flexibility index (Phi) is 4.59. The molecule has 0 aliphatic rings. The molecule has 0 amide bonds. The van der Waals surface area contributed by atoms with Crippen molar-refractivity contribution in [2.75, 3.05) is 0 Å². The second kappa shape index (κ2) is 6.67. The molecule has 0 saturated carbocycles. The zero-order valence-corrected chi connectivity index (χ0v) is 14.8. The number of aromatic carboxylic acids is 1. The van der Waals surface area contributed by atoms with E-state index in [-0.39, 0.29) is 17.8 Å². The minimum absolute atomic E-state index is 0.0788. The minimum Gasteiger partial charge on any atom is -0.478 e. The van der Waals surface area contributed by atoms with Gasteiger partial charge in [0.25, 0.3) is 0 Å². The quantitative estimate of drug-likeness (QED) is 0.677. The minimum atomic E-state index is -1.02. The highest BCUT2D eigenvalue weighted by Crippen LogP contribution is 2.34. The number of ketones is 1. The van der Waals surface area contributed by atoms with Crippen LogP contribution in [0.4, 0.5) is 0 Å². The maximum atomic E-state index is 12.5. The SMILES string of the molecule is Cc1cccc(C(=O)Cc2scc(-c3nc(C)cs3)c2C(=O)O)c1. The topological polar surface area (TPSA) is 67.3 Å². The molecule has 0 atom stereocenters. The van der Waals surface area contributed by atoms with Crippen LogP contribution in [0.25, 0.3) is 10.6 Å². The second-order valence-corrected chi connectivity index (χ2v) is 7.34. The summed E-state index contributed by atoms with van der Waals surface area (Å²) < 4.78 is 0. The number of carbonyl (C=O) groups is 2. The van der Waals surface area contributed by atoms with Gasteiger partial charge in [0.15, 0.2) is 5.78 Å². The van der Waals surface area contributed by atoms with Crippen LogP contribution in [0.15, 0.2) is 35.0 Å². The number of carboxylic acid groups (broad SMARTS) is 1. The molecule has 4 nitrogen and oxygen atoms in total. The molecule has 0 radical (unpaired) electrons. The summed E-state index contributed by atoms with van der Waals surface area (Å²) in [6, 6.07) is 7.34. The van der Waals surface area contributed by atoms with Gasteiger partial charge in [0, 0.05) is 38.9 Å². The van der Waals surface area contributed by atoms with Crippen molar-refractivity contribution in [3.63, 3.8) is 0 Å². The Morgan fingerprint density at radius 1 is 1.17 bits per heavy atom. The van der Waals surface area contributed by atoms with Crippen molar-refractivity contribution in [1.29, 1.82) is 0 Å². The summed E-state index contributed by atoms with van der Waals surface area (Å²) in [5.41, 5.74) is 3.25. The molecule has 0 aliphatic carbocycles.